The summed E-state index contributed by atoms with van der Waals surface area (Å²) in [5, 5.41) is 3.24. The lowest BCUT2D eigenvalue weighted by Gasteiger charge is -2.15. The van der Waals surface area contributed by atoms with E-state index in [2.05, 4.69) is 75.5 Å². The van der Waals surface area contributed by atoms with Crippen LogP contribution in [0.2, 0.25) is 0 Å². The normalized spacial score (nSPS) is 11.4. The standard InChI is InChI=1S/C21H27NO/c1-6-8-15(2)18-11-12-21(17(4)13-18)23-14-19-16(3)9-7-10-20(19)22-5/h7-13,22H,6,14H2,1-5H3. The van der Waals surface area contributed by atoms with E-state index in [0.29, 0.717) is 6.61 Å². The first-order valence-corrected chi connectivity index (χ1v) is 8.23. The van der Waals surface area contributed by atoms with E-state index in [0.717, 1.165) is 17.9 Å². The summed E-state index contributed by atoms with van der Waals surface area (Å²) in [4.78, 5) is 0. The Labute approximate surface area is 140 Å². The summed E-state index contributed by atoms with van der Waals surface area (Å²) < 4.78 is 6.08. The van der Waals surface area contributed by atoms with Crippen molar-refractivity contribution in [1.82, 2.24) is 0 Å². The minimum Gasteiger partial charge on any atom is -0.489 e. The Kier molecular flexibility index (Phi) is 5.86. The molecular formula is C21H27NO. The van der Waals surface area contributed by atoms with E-state index in [1.807, 2.05) is 7.05 Å². The fourth-order valence-corrected chi connectivity index (χ4v) is 2.76. The van der Waals surface area contributed by atoms with Crippen LogP contribution in [-0.4, -0.2) is 7.05 Å². The first-order valence-electron chi connectivity index (χ1n) is 8.23. The Morgan fingerprint density at radius 2 is 1.91 bits per heavy atom. The lowest BCUT2D eigenvalue weighted by atomic mass is 10.0. The predicted octanol–water partition coefficient (Wildman–Crippen LogP) is 5.74. The molecule has 0 fully saturated rings. The van der Waals surface area contributed by atoms with Crippen LogP contribution in [0.4, 0.5) is 5.69 Å². The molecule has 2 aromatic rings. The molecule has 2 nitrogen and oxygen atoms in total. The van der Waals surface area contributed by atoms with Gasteiger partial charge in [-0.25, -0.2) is 0 Å². The molecule has 0 heterocycles. The molecule has 0 saturated carbocycles. The molecule has 1 N–H and O–H groups in total. The molecule has 0 aromatic heterocycles. The van der Waals surface area contributed by atoms with Crippen LogP contribution >= 0.6 is 0 Å². The molecule has 0 radical (unpaired) electrons. The number of hydrogen-bond donors (Lipinski definition) is 1. The molecule has 2 aromatic carbocycles. The SMILES string of the molecule is CCC=C(C)c1ccc(OCc2c(C)cccc2NC)c(C)c1. The van der Waals surface area contributed by atoms with Gasteiger partial charge in [-0.3, -0.25) is 0 Å². The van der Waals surface area contributed by atoms with Crippen LogP contribution in [0, 0.1) is 13.8 Å². The Balaban J connectivity index is 2.18. The van der Waals surface area contributed by atoms with Gasteiger partial charge in [0.2, 0.25) is 0 Å². The van der Waals surface area contributed by atoms with E-state index in [4.69, 9.17) is 4.74 Å². The second kappa shape index (κ2) is 7.87. The van der Waals surface area contributed by atoms with Crippen LogP contribution in [0.15, 0.2) is 42.5 Å². The van der Waals surface area contributed by atoms with Gasteiger partial charge in [-0.15, -0.1) is 0 Å². The quantitative estimate of drug-likeness (QED) is 0.735. The van der Waals surface area contributed by atoms with Gasteiger partial charge in [0.1, 0.15) is 12.4 Å². The molecular weight excluding hydrogens is 282 g/mol. The lowest BCUT2D eigenvalue weighted by molar-refractivity contribution is 0.304. The van der Waals surface area contributed by atoms with E-state index >= 15 is 0 Å². The zero-order valence-corrected chi connectivity index (χ0v) is 14.9. The summed E-state index contributed by atoms with van der Waals surface area (Å²) in [5.41, 5.74) is 7.34. The van der Waals surface area contributed by atoms with Gasteiger partial charge in [0, 0.05) is 18.3 Å². The summed E-state index contributed by atoms with van der Waals surface area (Å²) in [5.74, 6) is 0.948. The van der Waals surface area contributed by atoms with Crippen molar-refractivity contribution < 1.29 is 4.74 Å². The van der Waals surface area contributed by atoms with Crippen molar-refractivity contribution in [3.8, 4) is 5.75 Å². The third-order valence-corrected chi connectivity index (χ3v) is 4.19. The molecule has 0 aliphatic heterocycles. The van der Waals surface area contributed by atoms with Gasteiger partial charge in [-0.1, -0.05) is 31.2 Å². The largest absolute Gasteiger partial charge is 0.489 e. The number of hydrogen-bond acceptors (Lipinski definition) is 2. The maximum Gasteiger partial charge on any atom is 0.122 e. The summed E-state index contributed by atoms with van der Waals surface area (Å²) in [6.07, 6.45) is 3.31. The van der Waals surface area contributed by atoms with Crippen molar-refractivity contribution in [3.63, 3.8) is 0 Å². The Morgan fingerprint density at radius 1 is 1.13 bits per heavy atom. The fraction of sp³-hybridized carbons (Fsp3) is 0.333. The highest BCUT2D eigenvalue weighted by Crippen LogP contribution is 2.26. The van der Waals surface area contributed by atoms with Crippen molar-refractivity contribution >= 4 is 11.3 Å². The zero-order chi connectivity index (χ0) is 16.8. The molecule has 0 spiro atoms. The highest BCUT2D eigenvalue weighted by Gasteiger charge is 2.07. The van der Waals surface area contributed by atoms with E-state index in [1.165, 1.54) is 27.8 Å². The monoisotopic (exact) mass is 309 g/mol. The third kappa shape index (κ3) is 4.16. The van der Waals surface area contributed by atoms with E-state index in [1.54, 1.807) is 0 Å². The van der Waals surface area contributed by atoms with E-state index in [-0.39, 0.29) is 0 Å². The first kappa shape index (κ1) is 17.1. The van der Waals surface area contributed by atoms with Crippen LogP contribution in [-0.2, 0) is 6.61 Å². The highest BCUT2D eigenvalue weighted by atomic mass is 16.5. The van der Waals surface area contributed by atoms with Crippen molar-refractivity contribution in [2.45, 2.75) is 40.7 Å². The van der Waals surface area contributed by atoms with Crippen molar-refractivity contribution in [2.24, 2.45) is 0 Å². The number of nitrogens with one attached hydrogen (secondary N) is 1. The first-order chi connectivity index (χ1) is 11.1. The van der Waals surface area contributed by atoms with E-state index in [9.17, 15) is 0 Å². The van der Waals surface area contributed by atoms with Gasteiger partial charge >= 0.3 is 0 Å². The highest BCUT2D eigenvalue weighted by molar-refractivity contribution is 5.65. The second-order valence-electron chi connectivity index (χ2n) is 5.92. The molecule has 0 bridgehead atoms. The topological polar surface area (TPSA) is 21.3 Å². The van der Waals surface area contributed by atoms with Crippen molar-refractivity contribution in [2.75, 3.05) is 12.4 Å². The van der Waals surface area contributed by atoms with Crippen LogP contribution in [0.25, 0.3) is 5.57 Å². The van der Waals surface area contributed by atoms with Crippen LogP contribution in [0.1, 0.15) is 42.5 Å². The predicted molar refractivity (Wildman–Crippen MR) is 100 cm³/mol. The van der Waals surface area contributed by atoms with Gasteiger partial charge in [-0.2, -0.15) is 0 Å². The second-order valence-corrected chi connectivity index (χ2v) is 5.92. The van der Waals surface area contributed by atoms with Crippen LogP contribution in [0.3, 0.4) is 0 Å². The number of anilines is 1. The molecule has 0 atom stereocenters. The van der Waals surface area contributed by atoms with Crippen molar-refractivity contribution in [1.29, 1.82) is 0 Å². The van der Waals surface area contributed by atoms with Gasteiger partial charge in [0.15, 0.2) is 0 Å². The minimum atomic E-state index is 0.576. The fourth-order valence-electron chi connectivity index (χ4n) is 2.76. The number of rotatable bonds is 6. The Morgan fingerprint density at radius 3 is 2.57 bits per heavy atom. The van der Waals surface area contributed by atoms with Gasteiger partial charge < -0.3 is 10.1 Å². The summed E-state index contributed by atoms with van der Waals surface area (Å²) in [7, 11) is 1.95. The minimum absolute atomic E-state index is 0.576. The van der Waals surface area contributed by atoms with Crippen molar-refractivity contribution in [3.05, 3.63) is 64.7 Å². The summed E-state index contributed by atoms with van der Waals surface area (Å²) >= 11 is 0. The van der Waals surface area contributed by atoms with Crippen LogP contribution in [0.5, 0.6) is 5.75 Å². The molecule has 2 heteroatoms. The number of ether oxygens (including phenoxy) is 1. The molecule has 0 unspecified atom stereocenters. The summed E-state index contributed by atoms with van der Waals surface area (Å²) in [6.45, 7) is 9.12. The smallest absolute Gasteiger partial charge is 0.122 e. The van der Waals surface area contributed by atoms with Gasteiger partial charge in [0.05, 0.1) is 0 Å². The number of aryl methyl sites for hydroxylation is 2. The molecule has 2 rings (SSSR count). The zero-order valence-electron chi connectivity index (χ0n) is 14.9. The van der Waals surface area contributed by atoms with Gasteiger partial charge in [0.25, 0.3) is 0 Å². The Bertz CT molecular complexity index is 701. The third-order valence-electron chi connectivity index (χ3n) is 4.19. The Hall–Kier alpha value is -2.22. The van der Waals surface area contributed by atoms with E-state index < -0.39 is 0 Å². The molecule has 0 aliphatic carbocycles. The maximum atomic E-state index is 6.08. The van der Waals surface area contributed by atoms with Crippen LogP contribution < -0.4 is 10.1 Å². The van der Waals surface area contributed by atoms with Gasteiger partial charge in [-0.05, 0) is 67.7 Å². The number of allylic oxidation sites excluding steroid dienone is 2. The summed E-state index contributed by atoms with van der Waals surface area (Å²) in [6, 6.07) is 12.7. The average Bonchev–Trinajstić information content (AvgIpc) is 2.54. The molecule has 23 heavy (non-hydrogen) atoms. The molecule has 0 saturated heterocycles. The number of benzene rings is 2. The molecule has 0 aliphatic rings. The molecule has 122 valence electrons. The molecule has 0 amide bonds. The maximum absolute atomic E-state index is 6.08. The lowest BCUT2D eigenvalue weighted by Crippen LogP contribution is -2.03. The average molecular weight is 309 g/mol.